The van der Waals surface area contributed by atoms with Crippen LogP contribution in [0.15, 0.2) is 17.0 Å². The zero-order valence-electron chi connectivity index (χ0n) is 12.2. The van der Waals surface area contributed by atoms with Gasteiger partial charge in [0.15, 0.2) is 0 Å². The van der Waals surface area contributed by atoms with Crippen molar-refractivity contribution < 1.29 is 8.42 Å². The van der Waals surface area contributed by atoms with Crippen LogP contribution in [0.2, 0.25) is 0 Å². The third kappa shape index (κ3) is 2.97. The lowest BCUT2D eigenvalue weighted by atomic mass is 10.1. The van der Waals surface area contributed by atoms with Crippen molar-refractivity contribution in [2.24, 2.45) is 0 Å². The molecule has 0 saturated carbocycles. The molecule has 0 bridgehead atoms. The Kier molecular flexibility index (Phi) is 4.66. The molecule has 20 heavy (non-hydrogen) atoms. The van der Waals surface area contributed by atoms with Crippen LogP contribution < -0.4 is 5.73 Å². The topological polar surface area (TPSA) is 63.4 Å². The number of aryl methyl sites for hydroxylation is 1. The summed E-state index contributed by atoms with van der Waals surface area (Å²) in [6.07, 6.45) is 0.992. The maximum atomic E-state index is 12.7. The van der Waals surface area contributed by atoms with Gasteiger partial charge in [0, 0.05) is 29.8 Å². The summed E-state index contributed by atoms with van der Waals surface area (Å²) in [4.78, 5) is 0.319. The van der Waals surface area contributed by atoms with Gasteiger partial charge in [0.05, 0.1) is 4.90 Å². The first-order chi connectivity index (χ1) is 9.36. The SMILES string of the molecule is CCC1CN(S(=O)(=O)c2cc(C)c(C)c(N)c2)CCS1. The van der Waals surface area contributed by atoms with Crippen molar-refractivity contribution in [2.75, 3.05) is 24.6 Å². The smallest absolute Gasteiger partial charge is 0.243 e. The van der Waals surface area contributed by atoms with E-state index in [-0.39, 0.29) is 0 Å². The van der Waals surface area contributed by atoms with Crippen LogP contribution in [0.5, 0.6) is 0 Å². The lowest BCUT2D eigenvalue weighted by Gasteiger charge is -2.31. The van der Waals surface area contributed by atoms with Gasteiger partial charge in [-0.3, -0.25) is 0 Å². The minimum atomic E-state index is -3.43. The molecule has 1 saturated heterocycles. The fourth-order valence-electron chi connectivity index (χ4n) is 2.31. The number of hydrogen-bond donors (Lipinski definition) is 1. The van der Waals surface area contributed by atoms with E-state index in [0.29, 0.717) is 28.9 Å². The van der Waals surface area contributed by atoms with Crippen molar-refractivity contribution in [1.82, 2.24) is 4.31 Å². The van der Waals surface area contributed by atoms with Crippen molar-refractivity contribution >= 4 is 27.5 Å². The van der Waals surface area contributed by atoms with Gasteiger partial charge >= 0.3 is 0 Å². The quantitative estimate of drug-likeness (QED) is 0.870. The van der Waals surface area contributed by atoms with E-state index in [4.69, 9.17) is 5.73 Å². The number of nitrogen functional groups attached to an aromatic ring is 1. The van der Waals surface area contributed by atoms with Crippen LogP contribution in [0.1, 0.15) is 24.5 Å². The summed E-state index contributed by atoms with van der Waals surface area (Å²) in [6.45, 7) is 7.08. The molecule has 1 aliphatic heterocycles. The first-order valence-electron chi connectivity index (χ1n) is 6.84. The number of anilines is 1. The molecule has 4 nitrogen and oxygen atoms in total. The van der Waals surface area contributed by atoms with Crippen LogP contribution in [0.4, 0.5) is 5.69 Å². The summed E-state index contributed by atoms with van der Waals surface area (Å²) < 4.78 is 27.0. The Bertz CT molecular complexity index is 576. The second-order valence-corrected chi connectivity index (χ2v) is 8.56. The van der Waals surface area contributed by atoms with E-state index in [1.54, 1.807) is 16.4 Å². The van der Waals surface area contributed by atoms with Gasteiger partial charge in [-0.05, 0) is 43.5 Å². The number of sulfonamides is 1. The second kappa shape index (κ2) is 5.95. The van der Waals surface area contributed by atoms with Gasteiger partial charge in [-0.25, -0.2) is 8.42 Å². The highest BCUT2D eigenvalue weighted by Gasteiger charge is 2.30. The zero-order chi connectivity index (χ0) is 14.9. The standard InChI is InChI=1S/C14H22N2O2S2/c1-4-12-9-16(5-6-19-12)20(17,18)13-7-10(2)11(3)14(15)8-13/h7-8,12H,4-6,9,15H2,1-3H3. The molecular formula is C14H22N2O2S2. The third-order valence-electron chi connectivity index (χ3n) is 3.88. The average Bonchev–Trinajstić information content (AvgIpc) is 2.44. The summed E-state index contributed by atoms with van der Waals surface area (Å²) in [5.74, 6) is 0.859. The van der Waals surface area contributed by atoms with Gasteiger partial charge in [0.2, 0.25) is 10.0 Å². The largest absolute Gasteiger partial charge is 0.398 e. The Morgan fingerprint density at radius 1 is 1.40 bits per heavy atom. The van der Waals surface area contributed by atoms with Crippen LogP contribution in [-0.4, -0.2) is 36.8 Å². The van der Waals surface area contributed by atoms with Crippen molar-refractivity contribution in [2.45, 2.75) is 37.3 Å². The third-order valence-corrected chi connectivity index (χ3v) is 7.09. The highest BCUT2D eigenvalue weighted by atomic mass is 32.2. The molecule has 1 unspecified atom stereocenters. The average molecular weight is 314 g/mol. The zero-order valence-corrected chi connectivity index (χ0v) is 13.9. The fraction of sp³-hybridized carbons (Fsp3) is 0.571. The molecule has 112 valence electrons. The van der Waals surface area contributed by atoms with Gasteiger partial charge in [-0.1, -0.05) is 6.92 Å². The molecule has 0 spiro atoms. The first kappa shape index (κ1) is 15.7. The van der Waals surface area contributed by atoms with Crippen molar-refractivity contribution in [1.29, 1.82) is 0 Å². The van der Waals surface area contributed by atoms with E-state index in [9.17, 15) is 8.42 Å². The van der Waals surface area contributed by atoms with Gasteiger partial charge in [-0.15, -0.1) is 0 Å². The van der Waals surface area contributed by atoms with E-state index in [2.05, 4.69) is 6.92 Å². The van der Waals surface area contributed by atoms with Gasteiger partial charge < -0.3 is 5.73 Å². The molecule has 0 aromatic heterocycles. The summed E-state index contributed by atoms with van der Waals surface area (Å²) >= 11 is 1.86. The highest BCUT2D eigenvalue weighted by molar-refractivity contribution is 8.00. The summed E-state index contributed by atoms with van der Waals surface area (Å²) in [7, 11) is -3.43. The predicted molar refractivity (Wildman–Crippen MR) is 85.6 cm³/mol. The molecule has 0 amide bonds. The molecule has 1 heterocycles. The molecular weight excluding hydrogens is 292 g/mol. The Labute approximate surface area is 125 Å². The Hall–Kier alpha value is -0.720. The lowest BCUT2D eigenvalue weighted by molar-refractivity contribution is 0.416. The van der Waals surface area contributed by atoms with Crippen molar-refractivity contribution in [3.63, 3.8) is 0 Å². The normalized spacial score (nSPS) is 21.1. The molecule has 1 aromatic rings. The highest BCUT2D eigenvalue weighted by Crippen LogP contribution is 2.28. The summed E-state index contributed by atoms with van der Waals surface area (Å²) in [5.41, 5.74) is 8.32. The lowest BCUT2D eigenvalue weighted by Crippen LogP contribution is -2.41. The Morgan fingerprint density at radius 2 is 2.10 bits per heavy atom. The maximum Gasteiger partial charge on any atom is 0.243 e. The number of thioether (sulfide) groups is 1. The number of rotatable bonds is 3. The number of benzene rings is 1. The summed E-state index contributed by atoms with van der Waals surface area (Å²) in [5, 5.41) is 0.391. The maximum absolute atomic E-state index is 12.7. The van der Waals surface area contributed by atoms with Crippen LogP contribution in [0, 0.1) is 13.8 Å². The van der Waals surface area contributed by atoms with Crippen molar-refractivity contribution in [3.8, 4) is 0 Å². The minimum absolute atomic E-state index is 0.319. The molecule has 6 heteroatoms. The van der Waals surface area contributed by atoms with Crippen LogP contribution >= 0.6 is 11.8 Å². The molecule has 1 atom stereocenters. The molecule has 0 radical (unpaired) electrons. The molecule has 2 rings (SSSR count). The van der Waals surface area contributed by atoms with E-state index in [1.165, 1.54) is 0 Å². The molecule has 0 aliphatic carbocycles. The monoisotopic (exact) mass is 314 g/mol. The number of hydrogen-bond acceptors (Lipinski definition) is 4. The fourth-order valence-corrected chi connectivity index (χ4v) is 5.31. The number of nitrogens with two attached hydrogens (primary N) is 1. The van der Waals surface area contributed by atoms with Gasteiger partial charge in [0.1, 0.15) is 0 Å². The van der Waals surface area contributed by atoms with Crippen LogP contribution in [0.25, 0.3) is 0 Å². The van der Waals surface area contributed by atoms with Crippen LogP contribution in [0.3, 0.4) is 0 Å². The molecule has 1 fully saturated rings. The Morgan fingerprint density at radius 3 is 2.70 bits per heavy atom. The second-order valence-electron chi connectivity index (χ2n) is 5.22. The molecule has 1 aliphatic rings. The predicted octanol–water partition coefficient (Wildman–Crippen LogP) is 2.40. The minimum Gasteiger partial charge on any atom is -0.398 e. The van der Waals surface area contributed by atoms with E-state index in [1.807, 2.05) is 25.6 Å². The van der Waals surface area contributed by atoms with Crippen molar-refractivity contribution in [3.05, 3.63) is 23.3 Å². The first-order valence-corrected chi connectivity index (χ1v) is 9.33. The van der Waals surface area contributed by atoms with E-state index < -0.39 is 10.0 Å². The van der Waals surface area contributed by atoms with E-state index >= 15 is 0 Å². The van der Waals surface area contributed by atoms with Gasteiger partial charge in [-0.2, -0.15) is 16.1 Å². The summed E-state index contributed by atoms with van der Waals surface area (Å²) in [6, 6.07) is 3.31. The van der Waals surface area contributed by atoms with Gasteiger partial charge in [0.25, 0.3) is 0 Å². The Balaban J connectivity index is 2.35. The number of nitrogens with zero attached hydrogens (tertiary/aromatic N) is 1. The molecule has 2 N–H and O–H groups in total. The van der Waals surface area contributed by atoms with E-state index in [0.717, 1.165) is 23.3 Å². The van der Waals surface area contributed by atoms with Crippen LogP contribution in [-0.2, 0) is 10.0 Å². The molecule has 1 aromatic carbocycles.